The van der Waals surface area contributed by atoms with E-state index in [1.807, 2.05) is 66.7 Å². The van der Waals surface area contributed by atoms with Crippen LogP contribution in [-0.4, -0.2) is 10.9 Å². The summed E-state index contributed by atoms with van der Waals surface area (Å²) in [4.78, 5) is 21.4. The van der Waals surface area contributed by atoms with Gasteiger partial charge in [0.05, 0.1) is 11.4 Å². The number of ether oxygens (including phenoxy) is 1. The Morgan fingerprint density at radius 1 is 0.439 bits per heavy atom. The van der Waals surface area contributed by atoms with Crippen molar-refractivity contribution in [1.29, 1.82) is 0 Å². The molecular formula is C51H33AgN4O-3. The van der Waals surface area contributed by atoms with Crippen molar-refractivity contribution in [3.05, 3.63) is 205 Å². The molecule has 0 N–H and O–H groups in total. The van der Waals surface area contributed by atoms with Crippen LogP contribution >= 0.6 is 0 Å². The Balaban J connectivity index is 0.00000422. The van der Waals surface area contributed by atoms with Crippen LogP contribution in [0.3, 0.4) is 0 Å². The number of rotatable bonds is 6. The molecule has 5 heterocycles. The second-order valence-electron chi connectivity index (χ2n) is 13.7. The van der Waals surface area contributed by atoms with Crippen LogP contribution < -0.4 is 9.97 Å². The zero-order chi connectivity index (χ0) is 37.3. The molecule has 0 unspecified atom stereocenters. The SMILES string of the molecule is [Ag].[c-]1c2c(-c3ccccc3)c3ccc([n-]3)c(-c3ccccc3)c3nc(c(-c4ccccc4)c4ccc([n-]4)c(-c4ccccc4)c1C(OCc1ccccc1)=N2)C=C3. The fraction of sp³-hybridized carbons (Fsp3) is 0.0196. The Morgan fingerprint density at radius 3 is 1.30 bits per heavy atom. The van der Waals surface area contributed by atoms with Crippen molar-refractivity contribution in [1.82, 2.24) is 15.0 Å². The normalized spacial score (nSPS) is 11.8. The van der Waals surface area contributed by atoms with Crippen LogP contribution in [0.1, 0.15) is 22.5 Å². The zero-order valence-electron chi connectivity index (χ0n) is 30.6. The fourth-order valence-corrected chi connectivity index (χ4v) is 7.50. The van der Waals surface area contributed by atoms with E-state index in [1.165, 1.54) is 0 Å². The predicted octanol–water partition coefficient (Wildman–Crippen LogP) is 12.1. The van der Waals surface area contributed by atoms with E-state index >= 15 is 0 Å². The maximum atomic E-state index is 6.68. The summed E-state index contributed by atoms with van der Waals surface area (Å²) in [5.41, 5.74) is 14.9. The van der Waals surface area contributed by atoms with E-state index in [0.717, 1.165) is 89.1 Å². The average Bonchev–Trinajstić information content (AvgIpc) is 4.10. The van der Waals surface area contributed by atoms with Crippen molar-refractivity contribution in [3.63, 3.8) is 0 Å². The van der Waals surface area contributed by atoms with Gasteiger partial charge < -0.3 is 14.7 Å². The van der Waals surface area contributed by atoms with Crippen LogP contribution in [0.2, 0.25) is 0 Å². The van der Waals surface area contributed by atoms with Crippen molar-refractivity contribution in [2.75, 3.05) is 0 Å². The van der Waals surface area contributed by atoms with Crippen molar-refractivity contribution in [2.45, 2.75) is 6.61 Å². The molecule has 2 aliphatic heterocycles. The summed E-state index contributed by atoms with van der Waals surface area (Å²) < 4.78 is 6.68. The monoisotopic (exact) mass is 824 g/mol. The molecule has 0 saturated carbocycles. The first-order valence-corrected chi connectivity index (χ1v) is 18.7. The Bertz CT molecular complexity index is 2940. The van der Waals surface area contributed by atoms with Crippen LogP contribution in [-0.2, 0) is 33.7 Å². The molecule has 0 atom stereocenters. The van der Waals surface area contributed by atoms with Gasteiger partial charge in [-0.2, -0.15) is 11.0 Å². The smallest absolute Gasteiger partial charge is 0.134 e. The van der Waals surface area contributed by atoms with Crippen LogP contribution in [0.5, 0.6) is 0 Å². The van der Waals surface area contributed by atoms with Crippen LogP contribution in [0, 0.1) is 6.07 Å². The van der Waals surface area contributed by atoms with E-state index in [4.69, 9.17) is 24.7 Å². The maximum absolute atomic E-state index is 6.68. The molecule has 57 heavy (non-hydrogen) atoms. The summed E-state index contributed by atoms with van der Waals surface area (Å²) in [5, 5.41) is 0. The third-order valence-electron chi connectivity index (χ3n) is 10.1. The number of nitrogens with zero attached hydrogens (tertiary/aromatic N) is 4. The van der Waals surface area contributed by atoms with Crippen molar-refractivity contribution in [3.8, 4) is 44.5 Å². The Morgan fingerprint density at radius 2 is 0.825 bits per heavy atom. The van der Waals surface area contributed by atoms with Crippen LogP contribution in [0.4, 0.5) is 5.69 Å². The molecule has 277 valence electrons. The van der Waals surface area contributed by atoms with E-state index in [-0.39, 0.29) is 22.4 Å². The number of aromatic nitrogens is 3. The minimum Gasteiger partial charge on any atom is -0.665 e. The van der Waals surface area contributed by atoms with Gasteiger partial charge in [0.25, 0.3) is 0 Å². The van der Waals surface area contributed by atoms with Crippen molar-refractivity contribution in [2.24, 2.45) is 4.99 Å². The van der Waals surface area contributed by atoms with Gasteiger partial charge in [-0.05, 0) is 45.7 Å². The molecule has 0 aliphatic carbocycles. The Labute approximate surface area is 346 Å². The second kappa shape index (κ2) is 15.8. The first-order valence-electron chi connectivity index (χ1n) is 18.7. The molecule has 0 spiro atoms. The molecule has 2 aliphatic rings. The number of hydrogen-bond acceptors (Lipinski definition) is 3. The molecule has 6 heteroatoms. The van der Waals surface area contributed by atoms with Gasteiger partial charge >= 0.3 is 0 Å². The molecule has 0 saturated heterocycles. The van der Waals surface area contributed by atoms with Crippen LogP contribution in [0.25, 0.3) is 78.7 Å². The first kappa shape index (κ1) is 35.9. The quantitative estimate of drug-likeness (QED) is 0.124. The van der Waals surface area contributed by atoms with Gasteiger partial charge in [-0.3, -0.25) is 4.99 Å². The summed E-state index contributed by atoms with van der Waals surface area (Å²) in [7, 11) is 0. The van der Waals surface area contributed by atoms with Gasteiger partial charge in [-0.15, -0.1) is 22.7 Å². The van der Waals surface area contributed by atoms with Crippen LogP contribution in [0.15, 0.2) is 181 Å². The standard InChI is InChI=1S/C51H33N4O.Ag/c1-6-16-34(17-7-1)33-56-51-39-32-46(55-51)50(38-24-14-5-15-25-38)45-31-30-44(54-45)49(37-22-12-4-13-23-37)43-29-28-42(53-43)48(36-20-10-3-11-21-36)41-27-26-40(52-41)47(39)35-18-8-2-9-19-35;/h1-31H,33H2;/q-3;. The zero-order valence-corrected chi connectivity index (χ0v) is 32.1. The number of benzene rings is 5. The largest absolute Gasteiger partial charge is 0.665 e. The van der Waals surface area contributed by atoms with Crippen molar-refractivity contribution < 1.29 is 27.1 Å². The molecule has 5 aromatic carbocycles. The van der Waals surface area contributed by atoms with E-state index in [9.17, 15) is 0 Å². The van der Waals surface area contributed by atoms with Gasteiger partial charge in [0.1, 0.15) is 12.5 Å². The maximum Gasteiger partial charge on any atom is 0.134 e. The summed E-state index contributed by atoms with van der Waals surface area (Å²) in [6.07, 6.45) is 4.19. The van der Waals surface area contributed by atoms with E-state index in [0.29, 0.717) is 18.2 Å². The molecule has 8 bridgehead atoms. The minimum absolute atomic E-state index is 0. The predicted molar refractivity (Wildman–Crippen MR) is 228 cm³/mol. The summed E-state index contributed by atoms with van der Waals surface area (Å²) in [6.45, 7) is 0.339. The molecule has 8 aromatic rings. The Kier molecular flexibility index (Phi) is 9.94. The number of fused-ring (bicyclic) bond motifs is 8. The van der Waals surface area contributed by atoms with Gasteiger partial charge in [-0.1, -0.05) is 198 Å². The summed E-state index contributed by atoms with van der Waals surface area (Å²) in [5.74, 6) is 0.475. The van der Waals surface area contributed by atoms with E-state index < -0.39 is 0 Å². The third kappa shape index (κ3) is 7.01. The number of aliphatic imine (C=N–C) groups is 1. The number of hydrogen-bond donors (Lipinski definition) is 0. The molecular weight excluding hydrogens is 792 g/mol. The molecule has 5 nitrogen and oxygen atoms in total. The van der Waals surface area contributed by atoms with Gasteiger partial charge in [0.2, 0.25) is 0 Å². The second-order valence-corrected chi connectivity index (χ2v) is 13.7. The average molecular weight is 826 g/mol. The van der Waals surface area contributed by atoms with Gasteiger partial charge in [0.15, 0.2) is 0 Å². The molecule has 10 rings (SSSR count). The molecule has 3 aromatic heterocycles. The fourth-order valence-electron chi connectivity index (χ4n) is 7.50. The van der Waals surface area contributed by atoms with Gasteiger partial charge in [-0.25, -0.2) is 4.98 Å². The molecule has 0 amide bonds. The topological polar surface area (TPSA) is 62.7 Å². The summed E-state index contributed by atoms with van der Waals surface area (Å²) >= 11 is 0. The van der Waals surface area contributed by atoms with E-state index in [1.54, 1.807) is 0 Å². The van der Waals surface area contributed by atoms with Gasteiger partial charge in [0, 0.05) is 22.4 Å². The molecule has 0 fully saturated rings. The minimum atomic E-state index is 0. The molecule has 1 radical (unpaired) electrons. The van der Waals surface area contributed by atoms with E-state index in [2.05, 4.69) is 127 Å². The first-order chi connectivity index (χ1) is 27.8. The third-order valence-corrected chi connectivity index (χ3v) is 10.1. The summed E-state index contributed by atoms with van der Waals surface area (Å²) in [6, 6.07) is 63.6. The Hall–Kier alpha value is -6.76. The van der Waals surface area contributed by atoms with Crippen molar-refractivity contribution >= 4 is 45.8 Å².